The van der Waals surface area contributed by atoms with Crippen molar-refractivity contribution in [2.75, 3.05) is 6.54 Å². The average molecular weight is 364 g/mol. The summed E-state index contributed by atoms with van der Waals surface area (Å²) >= 11 is 5.95. The molecule has 1 heterocycles. The number of sulfonamides is 1. The third-order valence-corrected chi connectivity index (χ3v) is 6.79. The largest absolute Gasteiger partial charge is 0.243 e. The van der Waals surface area contributed by atoms with Gasteiger partial charge in [0.05, 0.1) is 10.9 Å². The minimum atomic E-state index is -3.49. The van der Waals surface area contributed by atoms with Crippen molar-refractivity contribution >= 4 is 21.6 Å². The van der Waals surface area contributed by atoms with E-state index < -0.39 is 10.0 Å². The van der Waals surface area contributed by atoms with Gasteiger partial charge in [-0.05, 0) is 54.2 Å². The molecule has 1 aliphatic rings. The molecule has 128 valence electrons. The molecule has 5 heteroatoms. The van der Waals surface area contributed by atoms with E-state index in [2.05, 4.69) is 13.8 Å². The lowest BCUT2D eigenvalue weighted by atomic mass is 10.0. The summed E-state index contributed by atoms with van der Waals surface area (Å²) < 4.78 is 27.8. The molecule has 1 unspecified atom stereocenters. The van der Waals surface area contributed by atoms with E-state index in [9.17, 15) is 8.42 Å². The minimum Gasteiger partial charge on any atom is -0.207 e. The van der Waals surface area contributed by atoms with Crippen LogP contribution in [0.4, 0.5) is 0 Å². The van der Waals surface area contributed by atoms with Crippen LogP contribution in [0.3, 0.4) is 0 Å². The van der Waals surface area contributed by atoms with Gasteiger partial charge in [0.2, 0.25) is 10.0 Å². The van der Waals surface area contributed by atoms with Crippen molar-refractivity contribution in [3.8, 4) is 0 Å². The second kappa shape index (κ2) is 6.87. The molecular formula is C19H22ClNO2S. The fourth-order valence-corrected chi connectivity index (χ4v) is 5.01. The van der Waals surface area contributed by atoms with Crippen LogP contribution in [0.2, 0.25) is 5.02 Å². The lowest BCUT2D eigenvalue weighted by molar-refractivity contribution is 0.396. The highest BCUT2D eigenvalue weighted by Gasteiger charge is 2.36. The van der Waals surface area contributed by atoms with Gasteiger partial charge in [-0.2, -0.15) is 4.31 Å². The fraction of sp³-hybridized carbons (Fsp3) is 0.368. The Hall–Kier alpha value is -1.36. The molecule has 0 N–H and O–H groups in total. The number of benzene rings is 2. The van der Waals surface area contributed by atoms with Gasteiger partial charge < -0.3 is 0 Å². The van der Waals surface area contributed by atoms with Crippen molar-refractivity contribution in [3.63, 3.8) is 0 Å². The maximum atomic E-state index is 13.1. The summed E-state index contributed by atoms with van der Waals surface area (Å²) in [5.41, 5.74) is 2.14. The van der Waals surface area contributed by atoms with Crippen molar-refractivity contribution in [1.29, 1.82) is 0 Å². The quantitative estimate of drug-likeness (QED) is 0.767. The van der Waals surface area contributed by atoms with E-state index in [-0.39, 0.29) is 6.04 Å². The highest BCUT2D eigenvalue weighted by molar-refractivity contribution is 7.89. The number of nitrogens with zero attached hydrogens (tertiary/aromatic N) is 1. The summed E-state index contributed by atoms with van der Waals surface area (Å²) in [6.45, 7) is 4.75. The van der Waals surface area contributed by atoms with Crippen LogP contribution in [0.1, 0.15) is 49.8 Å². The molecule has 1 fully saturated rings. The number of rotatable bonds is 4. The van der Waals surface area contributed by atoms with Gasteiger partial charge in [-0.15, -0.1) is 0 Å². The third-order valence-electron chi connectivity index (χ3n) is 4.61. The molecule has 24 heavy (non-hydrogen) atoms. The summed E-state index contributed by atoms with van der Waals surface area (Å²) in [4.78, 5) is 0.368. The minimum absolute atomic E-state index is 0.114. The lowest BCUT2D eigenvalue weighted by Gasteiger charge is -2.24. The molecule has 0 aliphatic carbocycles. The highest BCUT2D eigenvalue weighted by Crippen LogP contribution is 2.37. The molecule has 0 amide bonds. The Labute approximate surface area is 149 Å². The Morgan fingerprint density at radius 3 is 2.25 bits per heavy atom. The Morgan fingerprint density at radius 2 is 1.67 bits per heavy atom. The van der Waals surface area contributed by atoms with Crippen LogP contribution in [0.5, 0.6) is 0 Å². The molecule has 2 aromatic carbocycles. The fourth-order valence-electron chi connectivity index (χ4n) is 3.21. The van der Waals surface area contributed by atoms with Gasteiger partial charge in [-0.25, -0.2) is 8.42 Å². The summed E-state index contributed by atoms with van der Waals surface area (Å²) in [6, 6.07) is 14.6. The van der Waals surface area contributed by atoms with E-state index in [1.165, 1.54) is 0 Å². The normalized spacial score (nSPS) is 19.1. The van der Waals surface area contributed by atoms with E-state index in [1.807, 2.05) is 36.4 Å². The molecule has 2 aromatic rings. The molecule has 3 nitrogen and oxygen atoms in total. The molecule has 1 aliphatic heterocycles. The first-order valence-corrected chi connectivity index (χ1v) is 10.1. The van der Waals surface area contributed by atoms with Crippen LogP contribution in [-0.2, 0) is 10.0 Å². The van der Waals surface area contributed by atoms with Gasteiger partial charge in [0.15, 0.2) is 0 Å². The monoisotopic (exact) mass is 363 g/mol. The Bertz CT molecular complexity index is 798. The summed E-state index contributed by atoms with van der Waals surface area (Å²) in [6.07, 6.45) is 1.71. The van der Waals surface area contributed by atoms with Crippen molar-refractivity contribution < 1.29 is 8.42 Å². The predicted molar refractivity (Wildman–Crippen MR) is 97.8 cm³/mol. The van der Waals surface area contributed by atoms with Crippen LogP contribution in [0.25, 0.3) is 0 Å². The first-order valence-electron chi connectivity index (χ1n) is 8.27. The van der Waals surface area contributed by atoms with Gasteiger partial charge in [0.25, 0.3) is 0 Å². The van der Waals surface area contributed by atoms with Crippen LogP contribution in [-0.4, -0.2) is 19.3 Å². The van der Waals surface area contributed by atoms with Gasteiger partial charge in [-0.1, -0.05) is 49.7 Å². The Kier molecular flexibility index (Phi) is 5.00. The molecule has 3 rings (SSSR count). The molecule has 0 radical (unpaired) electrons. The Morgan fingerprint density at radius 1 is 1.04 bits per heavy atom. The Balaban J connectivity index is 1.91. The first kappa shape index (κ1) is 17.5. The standard InChI is InChI=1S/C19H22ClNO2S/c1-14(2)15-7-11-18(12-8-15)24(22,23)21-13-3-4-19(21)16-5-9-17(20)10-6-16/h5-12,14,19H,3-4,13H2,1-2H3. The zero-order valence-electron chi connectivity index (χ0n) is 13.9. The second-order valence-electron chi connectivity index (χ2n) is 6.55. The van der Waals surface area contributed by atoms with Gasteiger partial charge in [-0.3, -0.25) is 0 Å². The molecule has 1 atom stereocenters. The van der Waals surface area contributed by atoms with Crippen molar-refractivity contribution in [1.82, 2.24) is 4.31 Å². The topological polar surface area (TPSA) is 37.4 Å². The first-order chi connectivity index (χ1) is 11.4. The number of hydrogen-bond donors (Lipinski definition) is 0. The molecule has 0 spiro atoms. The van der Waals surface area contributed by atoms with Gasteiger partial charge >= 0.3 is 0 Å². The van der Waals surface area contributed by atoms with E-state index in [0.29, 0.717) is 22.4 Å². The van der Waals surface area contributed by atoms with Crippen molar-refractivity contribution in [3.05, 3.63) is 64.7 Å². The molecular weight excluding hydrogens is 342 g/mol. The second-order valence-corrected chi connectivity index (χ2v) is 8.88. The van der Waals surface area contributed by atoms with Gasteiger partial charge in [0, 0.05) is 11.6 Å². The average Bonchev–Trinajstić information content (AvgIpc) is 3.06. The van der Waals surface area contributed by atoms with Crippen molar-refractivity contribution in [2.24, 2.45) is 0 Å². The van der Waals surface area contributed by atoms with Crippen molar-refractivity contribution in [2.45, 2.75) is 43.5 Å². The maximum absolute atomic E-state index is 13.1. The summed E-state index contributed by atoms with van der Waals surface area (Å²) in [5.74, 6) is 0.385. The van der Waals surface area contributed by atoms with Crippen LogP contribution < -0.4 is 0 Å². The zero-order chi connectivity index (χ0) is 17.3. The van der Waals surface area contributed by atoms with Crippen LogP contribution >= 0.6 is 11.6 Å². The van der Waals surface area contributed by atoms with E-state index >= 15 is 0 Å². The molecule has 0 saturated carbocycles. The number of halogens is 1. The highest BCUT2D eigenvalue weighted by atomic mass is 35.5. The molecule has 1 saturated heterocycles. The number of hydrogen-bond acceptors (Lipinski definition) is 2. The SMILES string of the molecule is CC(C)c1ccc(S(=O)(=O)N2CCCC2c2ccc(Cl)cc2)cc1. The van der Waals surface area contributed by atoms with E-state index in [0.717, 1.165) is 24.0 Å². The zero-order valence-corrected chi connectivity index (χ0v) is 15.5. The predicted octanol–water partition coefficient (Wildman–Crippen LogP) is 4.99. The van der Waals surface area contributed by atoms with Crippen LogP contribution in [0.15, 0.2) is 53.4 Å². The van der Waals surface area contributed by atoms with Crippen LogP contribution in [0, 0.1) is 0 Å². The molecule has 0 aromatic heterocycles. The lowest BCUT2D eigenvalue weighted by Crippen LogP contribution is -2.30. The smallest absolute Gasteiger partial charge is 0.207 e. The van der Waals surface area contributed by atoms with E-state index in [4.69, 9.17) is 11.6 Å². The molecule has 0 bridgehead atoms. The summed E-state index contributed by atoms with van der Waals surface area (Å²) in [7, 11) is -3.49. The maximum Gasteiger partial charge on any atom is 0.243 e. The van der Waals surface area contributed by atoms with E-state index in [1.54, 1.807) is 16.4 Å². The summed E-state index contributed by atoms with van der Waals surface area (Å²) in [5, 5.41) is 0.662. The van der Waals surface area contributed by atoms with Gasteiger partial charge in [0.1, 0.15) is 0 Å². The third kappa shape index (κ3) is 3.37.